The fourth-order valence-corrected chi connectivity index (χ4v) is 3.91. The molecule has 194 valence electrons. The summed E-state index contributed by atoms with van der Waals surface area (Å²) in [4.78, 5) is 29.1. The van der Waals surface area contributed by atoms with Crippen LogP contribution in [0.3, 0.4) is 0 Å². The number of carbonyl (C=O) groups is 1. The van der Waals surface area contributed by atoms with E-state index in [4.69, 9.17) is 0 Å². The molecule has 1 amide bonds. The average Bonchev–Trinajstić information content (AvgIpc) is 3.34. The van der Waals surface area contributed by atoms with Gasteiger partial charge in [0.15, 0.2) is 5.65 Å². The number of aromatic nitrogens is 4. The van der Waals surface area contributed by atoms with Gasteiger partial charge in [-0.1, -0.05) is 12.0 Å². The number of fused-ring (bicyclic) bond motifs is 1. The molecule has 38 heavy (non-hydrogen) atoms. The fourth-order valence-electron chi connectivity index (χ4n) is 3.91. The van der Waals surface area contributed by atoms with Crippen LogP contribution in [0, 0.1) is 11.8 Å². The number of nitrogens with one attached hydrogen (secondary N) is 1. The van der Waals surface area contributed by atoms with Crippen LogP contribution in [0.15, 0.2) is 66.2 Å². The Labute approximate surface area is 221 Å². The zero-order chi connectivity index (χ0) is 26.9. The van der Waals surface area contributed by atoms with Gasteiger partial charge in [-0.05, 0) is 44.0 Å². The minimum Gasteiger partial charge on any atom is -0.508 e. The zero-order valence-electron chi connectivity index (χ0n) is 21.5. The summed E-state index contributed by atoms with van der Waals surface area (Å²) in [6.07, 6.45) is 6.40. The summed E-state index contributed by atoms with van der Waals surface area (Å²) >= 11 is 0. The summed E-state index contributed by atoms with van der Waals surface area (Å²) in [6, 6.07) is 10.6. The maximum Gasteiger partial charge on any atom is 0.257 e. The lowest BCUT2D eigenvalue weighted by atomic mass is 10.1. The quantitative estimate of drug-likeness (QED) is 0.321. The third kappa shape index (κ3) is 6.79. The molecule has 0 saturated carbocycles. The van der Waals surface area contributed by atoms with Crippen molar-refractivity contribution in [2.75, 3.05) is 45.6 Å². The summed E-state index contributed by atoms with van der Waals surface area (Å²) in [5.74, 6) is 5.88. The predicted octanol–water partition coefficient (Wildman–Crippen LogP) is 2.55. The van der Waals surface area contributed by atoms with Crippen LogP contribution in [-0.2, 0) is 6.54 Å². The third-order valence-corrected chi connectivity index (χ3v) is 5.95. The van der Waals surface area contributed by atoms with Crippen LogP contribution >= 0.6 is 0 Å². The Balaban J connectivity index is 0.00000107. The number of pyridine rings is 1. The summed E-state index contributed by atoms with van der Waals surface area (Å²) in [5.41, 5.74) is 3.67. The highest BCUT2D eigenvalue weighted by Crippen LogP contribution is 2.24. The van der Waals surface area contributed by atoms with Crippen molar-refractivity contribution in [2.24, 2.45) is 4.99 Å². The van der Waals surface area contributed by atoms with Gasteiger partial charge in [-0.25, -0.2) is 9.50 Å². The molecule has 10 heteroatoms. The normalized spacial score (nSPS) is 13.6. The van der Waals surface area contributed by atoms with Crippen LogP contribution in [-0.4, -0.2) is 87.4 Å². The first-order valence-corrected chi connectivity index (χ1v) is 12.1. The highest BCUT2D eigenvalue weighted by Gasteiger charge is 2.16. The van der Waals surface area contributed by atoms with Crippen LogP contribution in [0.5, 0.6) is 5.75 Å². The molecule has 0 bridgehead atoms. The van der Waals surface area contributed by atoms with Gasteiger partial charge < -0.3 is 20.3 Å². The Morgan fingerprint density at radius 3 is 2.68 bits per heavy atom. The Bertz CT molecular complexity index is 1480. The number of phenols is 1. The number of hydrogen-bond donors (Lipinski definition) is 2. The summed E-state index contributed by atoms with van der Waals surface area (Å²) in [7, 11) is 3.75. The van der Waals surface area contributed by atoms with E-state index in [1.165, 1.54) is 6.20 Å². The predicted molar refractivity (Wildman–Crippen MR) is 148 cm³/mol. The lowest BCUT2D eigenvalue weighted by Crippen LogP contribution is -2.43. The first-order valence-electron chi connectivity index (χ1n) is 12.1. The molecule has 0 radical (unpaired) electrons. The monoisotopic (exact) mass is 510 g/mol. The number of rotatable bonds is 4. The number of likely N-dealkylation sites (N-methyl/N-ethyl adjacent to an activating group) is 1. The van der Waals surface area contributed by atoms with E-state index in [0.29, 0.717) is 34.7 Å². The van der Waals surface area contributed by atoms with Crippen molar-refractivity contribution >= 4 is 24.0 Å². The van der Waals surface area contributed by atoms with Crippen molar-refractivity contribution in [2.45, 2.75) is 6.54 Å². The molecule has 3 aromatic heterocycles. The second-order valence-electron chi connectivity index (χ2n) is 8.84. The van der Waals surface area contributed by atoms with Gasteiger partial charge in [-0.15, -0.1) is 0 Å². The van der Waals surface area contributed by atoms with Gasteiger partial charge >= 0.3 is 0 Å². The van der Waals surface area contributed by atoms with Gasteiger partial charge in [0.2, 0.25) is 0 Å². The van der Waals surface area contributed by atoms with Gasteiger partial charge in [0.05, 0.1) is 11.8 Å². The first-order chi connectivity index (χ1) is 18.5. The highest BCUT2D eigenvalue weighted by molar-refractivity contribution is 6.04. The van der Waals surface area contributed by atoms with Crippen molar-refractivity contribution in [1.82, 2.24) is 29.4 Å². The number of nitrogens with zero attached hydrogens (tertiary/aromatic N) is 7. The molecule has 1 aliphatic rings. The fraction of sp³-hybridized carbons (Fsp3) is 0.250. The van der Waals surface area contributed by atoms with Crippen LogP contribution in [0.25, 0.3) is 5.65 Å². The minimum absolute atomic E-state index is 0.168. The van der Waals surface area contributed by atoms with Crippen molar-refractivity contribution in [3.63, 3.8) is 0 Å². The molecule has 0 spiro atoms. The number of aromatic hydroxyl groups is 1. The molecule has 4 heterocycles. The second-order valence-corrected chi connectivity index (χ2v) is 8.84. The molecule has 5 rings (SSSR count). The number of carbonyl (C=O) groups excluding carboxylic acids is 1. The van der Waals surface area contributed by atoms with Gasteiger partial charge in [0.25, 0.3) is 5.91 Å². The van der Waals surface area contributed by atoms with Crippen LogP contribution < -0.4 is 5.32 Å². The molecule has 1 aliphatic heterocycles. The zero-order valence-corrected chi connectivity index (χ0v) is 21.5. The molecular formula is C28H30N8O2. The number of aliphatic imine (C=N–C) groups is 1. The SMILES string of the molecule is C=NC.CN1CCN(Cc2ccc(NC(=O)c3cncc(C#Cc4cnc5cccnn45)c3)cc2O)CC1. The van der Waals surface area contributed by atoms with Crippen LogP contribution in [0.1, 0.15) is 27.2 Å². The molecule has 0 aliphatic carbocycles. The van der Waals surface area contributed by atoms with E-state index < -0.39 is 0 Å². The molecular weight excluding hydrogens is 480 g/mol. The van der Waals surface area contributed by atoms with Gasteiger partial charge in [0, 0.05) is 81.2 Å². The number of piperazine rings is 1. The summed E-state index contributed by atoms with van der Waals surface area (Å²) in [6.45, 7) is 7.76. The van der Waals surface area contributed by atoms with Gasteiger partial charge in [-0.2, -0.15) is 5.10 Å². The number of imidazole rings is 1. The van der Waals surface area contributed by atoms with Crippen LogP contribution in [0.2, 0.25) is 0 Å². The van der Waals surface area contributed by atoms with Crippen LogP contribution in [0.4, 0.5) is 5.69 Å². The number of hydrogen-bond acceptors (Lipinski definition) is 8. The van der Waals surface area contributed by atoms with E-state index in [1.807, 2.05) is 18.2 Å². The van der Waals surface area contributed by atoms with Crippen molar-refractivity contribution in [3.8, 4) is 17.6 Å². The molecule has 0 unspecified atom stereocenters. The standard InChI is InChI=1S/C26H25N7O2.C2H5N/c1-31-9-11-32(12-10-31)18-20-5-6-22(14-24(20)34)30-26(35)21-13-19(15-27-16-21)4-7-23-17-28-25-3-2-8-29-33(23)25;1-3-2/h2-3,5-6,8,13-17,34H,9-12,18H2,1H3,(H,30,35);1H2,2H3. The largest absolute Gasteiger partial charge is 0.508 e. The molecule has 0 atom stereocenters. The first kappa shape index (κ1) is 26.5. The van der Waals surface area contributed by atoms with Crippen molar-refractivity contribution < 1.29 is 9.90 Å². The Morgan fingerprint density at radius 2 is 1.92 bits per heavy atom. The van der Waals surface area contributed by atoms with Crippen molar-refractivity contribution in [3.05, 3.63) is 83.6 Å². The lowest BCUT2D eigenvalue weighted by molar-refractivity contribution is 0.102. The van der Waals surface area contributed by atoms with E-state index in [-0.39, 0.29) is 11.7 Å². The maximum atomic E-state index is 12.8. The second kappa shape index (κ2) is 12.6. The molecule has 10 nitrogen and oxygen atoms in total. The van der Waals surface area contributed by atoms with Gasteiger partial charge in [0.1, 0.15) is 11.4 Å². The molecule has 1 saturated heterocycles. The van der Waals surface area contributed by atoms with Crippen molar-refractivity contribution in [1.29, 1.82) is 0 Å². The maximum absolute atomic E-state index is 12.8. The molecule has 1 aromatic carbocycles. The third-order valence-electron chi connectivity index (χ3n) is 5.95. The van der Waals surface area contributed by atoms with E-state index in [0.717, 1.165) is 31.7 Å². The number of phenolic OH excluding ortho intramolecular Hbond substituents is 1. The Hall–Kier alpha value is -4.59. The average molecular weight is 511 g/mol. The molecule has 1 fully saturated rings. The Kier molecular flexibility index (Phi) is 8.77. The lowest BCUT2D eigenvalue weighted by Gasteiger charge is -2.32. The minimum atomic E-state index is -0.330. The Morgan fingerprint density at radius 1 is 1.13 bits per heavy atom. The molecule has 2 N–H and O–H groups in total. The van der Waals surface area contributed by atoms with E-state index in [9.17, 15) is 9.90 Å². The number of amides is 1. The summed E-state index contributed by atoms with van der Waals surface area (Å²) in [5, 5.41) is 17.6. The summed E-state index contributed by atoms with van der Waals surface area (Å²) < 4.78 is 1.65. The van der Waals surface area contributed by atoms with Gasteiger partial charge in [-0.3, -0.25) is 14.7 Å². The number of benzene rings is 1. The van der Waals surface area contributed by atoms with E-state index in [2.05, 4.69) is 60.8 Å². The van der Waals surface area contributed by atoms with E-state index in [1.54, 1.807) is 48.4 Å². The smallest absolute Gasteiger partial charge is 0.257 e. The molecule has 4 aromatic rings. The number of anilines is 1. The van der Waals surface area contributed by atoms with E-state index >= 15 is 0 Å². The highest BCUT2D eigenvalue weighted by atomic mass is 16.3. The topological polar surface area (TPSA) is 111 Å².